The molecule has 0 aromatic heterocycles. The number of carbonyl (C=O) groups is 2. The number of unbranched alkanes of at least 4 members (excludes halogenated alkanes) is 2. The molecule has 0 spiro atoms. The van der Waals surface area contributed by atoms with E-state index in [0.29, 0.717) is 0 Å². The number of hydrogen-bond donors (Lipinski definition) is 0. The maximum Gasteiger partial charge on any atom is 1.00 e. The molecule has 9 heteroatoms. The first-order valence-electron chi connectivity index (χ1n) is 10.5. The second-order valence-corrected chi connectivity index (χ2v) is 8.68. The number of rotatable bonds is 16. The zero-order valence-corrected chi connectivity index (χ0v) is 21.6. The Morgan fingerprint density at radius 2 is 1.38 bits per heavy atom. The van der Waals surface area contributed by atoms with Crippen LogP contribution in [0.2, 0.25) is 0 Å². The molecule has 0 saturated carbocycles. The number of ether oxygens (including phenoxy) is 2. The first-order valence-corrected chi connectivity index (χ1v) is 11.9. The van der Waals surface area contributed by atoms with Crippen LogP contribution in [0, 0.1) is 11.8 Å². The van der Waals surface area contributed by atoms with E-state index in [1.807, 2.05) is 13.8 Å². The van der Waals surface area contributed by atoms with Crippen molar-refractivity contribution in [2.24, 2.45) is 11.8 Å². The fourth-order valence-corrected chi connectivity index (χ4v) is 3.16. The molecular weight excluding hydrogens is 407 g/mol. The van der Waals surface area contributed by atoms with Gasteiger partial charge in [0.1, 0.15) is 0 Å². The van der Waals surface area contributed by atoms with Crippen LogP contribution in [0.4, 0.5) is 0 Å². The Morgan fingerprint density at radius 3 is 1.79 bits per heavy atom. The monoisotopic (exact) mass is 444 g/mol. The van der Waals surface area contributed by atoms with Gasteiger partial charge in [-0.1, -0.05) is 66.2 Å². The SMILES string of the molecule is CCCCC(CC)COC(=O)C(CC(=O)S(=O)(=O)[O-])OCC(CC)CCCC.[Na+]. The van der Waals surface area contributed by atoms with E-state index in [9.17, 15) is 22.6 Å². The molecule has 3 unspecified atom stereocenters. The second-order valence-electron chi connectivity index (χ2n) is 7.32. The maximum atomic E-state index is 12.4. The van der Waals surface area contributed by atoms with E-state index in [-0.39, 0.29) is 54.6 Å². The number of hydrogen-bond acceptors (Lipinski definition) is 7. The Balaban J connectivity index is 0. The summed E-state index contributed by atoms with van der Waals surface area (Å²) in [5.74, 6) is -0.379. The average Bonchev–Trinajstić information content (AvgIpc) is 2.66. The van der Waals surface area contributed by atoms with Gasteiger partial charge in [-0.2, -0.15) is 0 Å². The molecular formula is C20H37NaO7S. The summed E-state index contributed by atoms with van der Waals surface area (Å²) in [6.07, 6.45) is 5.47. The predicted molar refractivity (Wildman–Crippen MR) is 107 cm³/mol. The zero-order chi connectivity index (χ0) is 21.6. The van der Waals surface area contributed by atoms with Gasteiger partial charge < -0.3 is 14.0 Å². The van der Waals surface area contributed by atoms with Crippen molar-refractivity contribution >= 4 is 21.2 Å². The molecule has 0 rings (SSSR count). The van der Waals surface area contributed by atoms with Crippen molar-refractivity contribution in [2.45, 2.75) is 91.6 Å². The summed E-state index contributed by atoms with van der Waals surface area (Å²) in [7, 11) is -5.11. The van der Waals surface area contributed by atoms with Crippen LogP contribution in [0.15, 0.2) is 0 Å². The van der Waals surface area contributed by atoms with Crippen LogP contribution in [0.25, 0.3) is 0 Å². The van der Waals surface area contributed by atoms with Gasteiger partial charge in [-0.15, -0.1) is 0 Å². The van der Waals surface area contributed by atoms with Gasteiger partial charge in [-0.05, 0) is 24.7 Å². The van der Waals surface area contributed by atoms with Crippen LogP contribution in [-0.4, -0.2) is 43.4 Å². The van der Waals surface area contributed by atoms with Gasteiger partial charge in [0.25, 0.3) is 0 Å². The molecule has 0 radical (unpaired) electrons. The van der Waals surface area contributed by atoms with Crippen LogP contribution in [0.5, 0.6) is 0 Å². The molecule has 0 aliphatic heterocycles. The summed E-state index contributed by atoms with van der Waals surface area (Å²) < 4.78 is 43.7. The maximum absolute atomic E-state index is 12.4. The standard InChI is InChI=1S/C20H38O7S.Na/c1-5-9-11-16(7-3)14-26-18(13-19(21)28(23,24)25)20(22)27-15-17(8-4)12-10-6-2;/h16-18H,5-15H2,1-4H3,(H,23,24,25);/q;+1/p-1. The Hall–Kier alpha value is 0.01000. The third-order valence-electron chi connectivity index (χ3n) is 4.97. The fourth-order valence-electron chi connectivity index (χ4n) is 2.81. The molecule has 7 nitrogen and oxygen atoms in total. The quantitative estimate of drug-likeness (QED) is 0.197. The average molecular weight is 445 g/mol. The molecule has 29 heavy (non-hydrogen) atoms. The van der Waals surface area contributed by atoms with E-state index in [1.165, 1.54) is 0 Å². The van der Waals surface area contributed by atoms with Crippen molar-refractivity contribution in [3.05, 3.63) is 0 Å². The molecule has 0 N–H and O–H groups in total. The number of esters is 1. The molecule has 0 bridgehead atoms. The van der Waals surface area contributed by atoms with Gasteiger partial charge in [0.2, 0.25) is 5.12 Å². The molecule has 0 aromatic carbocycles. The fraction of sp³-hybridized carbons (Fsp3) is 0.900. The van der Waals surface area contributed by atoms with Crippen LogP contribution >= 0.6 is 0 Å². The summed E-state index contributed by atoms with van der Waals surface area (Å²) in [6.45, 7) is 8.59. The van der Waals surface area contributed by atoms with Gasteiger partial charge in [-0.3, -0.25) is 4.79 Å². The van der Waals surface area contributed by atoms with Crippen LogP contribution in [-0.2, 0) is 29.2 Å². The first kappa shape index (κ1) is 31.2. The third-order valence-corrected chi connectivity index (χ3v) is 5.70. The van der Waals surface area contributed by atoms with Crippen LogP contribution in [0.1, 0.15) is 85.5 Å². The van der Waals surface area contributed by atoms with Gasteiger partial charge in [0.15, 0.2) is 16.2 Å². The summed E-state index contributed by atoms with van der Waals surface area (Å²) >= 11 is 0. The Kier molecular flexibility index (Phi) is 19.0. The molecule has 0 saturated heterocycles. The van der Waals surface area contributed by atoms with Crippen LogP contribution < -0.4 is 29.6 Å². The molecule has 3 atom stereocenters. The minimum atomic E-state index is -5.11. The van der Waals surface area contributed by atoms with E-state index < -0.39 is 33.7 Å². The van der Waals surface area contributed by atoms with Crippen molar-refractivity contribution in [1.29, 1.82) is 0 Å². The Morgan fingerprint density at radius 1 is 0.897 bits per heavy atom. The van der Waals surface area contributed by atoms with Gasteiger partial charge in [0, 0.05) is 0 Å². The summed E-state index contributed by atoms with van der Waals surface area (Å²) in [5, 5.41) is -1.55. The van der Waals surface area contributed by atoms with Gasteiger partial charge in [-0.25, -0.2) is 13.2 Å². The molecule has 0 aromatic rings. The third kappa shape index (κ3) is 14.6. The molecule has 0 aliphatic carbocycles. The normalized spacial score (nSPS) is 14.5. The largest absolute Gasteiger partial charge is 1.00 e. The Bertz CT molecular complexity index is 551. The van der Waals surface area contributed by atoms with E-state index >= 15 is 0 Å². The number of carbonyl (C=O) groups excluding carboxylic acids is 2. The van der Waals surface area contributed by atoms with E-state index in [1.54, 1.807) is 0 Å². The minimum Gasteiger partial charge on any atom is -0.742 e. The van der Waals surface area contributed by atoms with E-state index in [2.05, 4.69) is 13.8 Å². The van der Waals surface area contributed by atoms with Crippen molar-refractivity contribution < 1.29 is 61.6 Å². The minimum absolute atomic E-state index is 0. The van der Waals surface area contributed by atoms with E-state index in [4.69, 9.17) is 9.47 Å². The molecule has 0 aliphatic rings. The van der Waals surface area contributed by atoms with E-state index in [0.717, 1.165) is 51.4 Å². The van der Waals surface area contributed by atoms with Gasteiger partial charge >= 0.3 is 35.5 Å². The van der Waals surface area contributed by atoms with Crippen LogP contribution in [0.3, 0.4) is 0 Å². The summed E-state index contributed by atoms with van der Waals surface area (Å²) in [4.78, 5) is 24.0. The second kappa shape index (κ2) is 17.7. The van der Waals surface area contributed by atoms with Crippen molar-refractivity contribution in [2.75, 3.05) is 13.2 Å². The summed E-state index contributed by atoms with van der Waals surface area (Å²) in [5.41, 5.74) is 0. The molecule has 0 heterocycles. The zero-order valence-electron chi connectivity index (χ0n) is 18.8. The smallest absolute Gasteiger partial charge is 0.742 e. The molecule has 0 fully saturated rings. The molecule has 0 amide bonds. The Labute approximate surface area is 198 Å². The topological polar surface area (TPSA) is 110 Å². The van der Waals surface area contributed by atoms with Crippen molar-refractivity contribution in [3.8, 4) is 0 Å². The molecule has 166 valence electrons. The predicted octanol–water partition coefficient (Wildman–Crippen LogP) is 0.814. The van der Waals surface area contributed by atoms with Crippen molar-refractivity contribution in [3.63, 3.8) is 0 Å². The van der Waals surface area contributed by atoms with Crippen molar-refractivity contribution in [1.82, 2.24) is 0 Å². The summed E-state index contributed by atoms with van der Waals surface area (Å²) in [6, 6.07) is 0. The first-order chi connectivity index (χ1) is 13.2. The van der Waals surface area contributed by atoms with Gasteiger partial charge in [0.05, 0.1) is 19.6 Å².